The van der Waals surface area contributed by atoms with Crippen molar-refractivity contribution in [3.8, 4) is 0 Å². The third-order valence-electron chi connectivity index (χ3n) is 2.73. The molecule has 2 heterocycles. The van der Waals surface area contributed by atoms with Gasteiger partial charge in [-0.15, -0.1) is 5.10 Å². The minimum absolute atomic E-state index is 0.144. The molecule has 0 spiro atoms. The van der Waals surface area contributed by atoms with Gasteiger partial charge in [0.1, 0.15) is 11.6 Å². The van der Waals surface area contributed by atoms with Crippen LogP contribution >= 0.6 is 0 Å². The lowest BCUT2D eigenvalue weighted by Crippen LogP contribution is -2.27. The third-order valence-corrected chi connectivity index (χ3v) is 2.73. The molecule has 4 N–H and O–H groups in total. The highest BCUT2D eigenvalue weighted by Gasteiger charge is 2.15. The van der Waals surface area contributed by atoms with Gasteiger partial charge in [0, 0.05) is 18.3 Å². The number of carbonyl (C=O) groups is 1. The second kappa shape index (κ2) is 5.64. The summed E-state index contributed by atoms with van der Waals surface area (Å²) >= 11 is 0. The number of hydrogen-bond acceptors (Lipinski definition) is 6. The summed E-state index contributed by atoms with van der Waals surface area (Å²) < 4.78 is 0. The Morgan fingerprint density at radius 2 is 1.95 bits per heavy atom. The first kappa shape index (κ1) is 13.9. The summed E-state index contributed by atoms with van der Waals surface area (Å²) in [5.41, 5.74) is 5.81. The predicted octanol–water partition coefficient (Wildman–Crippen LogP) is 0.791. The molecule has 0 radical (unpaired) electrons. The first-order valence-corrected chi connectivity index (χ1v) is 6.28. The van der Waals surface area contributed by atoms with Crippen LogP contribution in [0, 0.1) is 0 Å². The summed E-state index contributed by atoms with van der Waals surface area (Å²) in [6.07, 6.45) is 3.03. The zero-order valence-electron chi connectivity index (χ0n) is 11.6. The average molecular weight is 275 g/mol. The molecule has 2 aromatic heterocycles. The van der Waals surface area contributed by atoms with Gasteiger partial charge in [0.05, 0.1) is 11.6 Å². The summed E-state index contributed by atoms with van der Waals surface area (Å²) in [5, 5.41) is 9.13. The fraction of sp³-hybridized carbons (Fsp3) is 0.417. The first-order chi connectivity index (χ1) is 9.47. The maximum Gasteiger partial charge on any atom is 0.254 e. The standard InChI is InChI=1S/C12H17N7O/c1-6(2)9-14-4-8(5-15-9)11(20)16-7(3)10-17-12(13)19-18-10/h4-7H,1-3H3,(H,16,20)(H3,13,17,18,19)/t7-/m1/s1. The number of aromatic nitrogens is 5. The number of hydrogen-bond donors (Lipinski definition) is 3. The smallest absolute Gasteiger partial charge is 0.254 e. The SMILES string of the molecule is CC(C)c1ncc(C(=O)N[C@H](C)c2nc(N)n[nH]2)cn1. The van der Waals surface area contributed by atoms with Crippen molar-refractivity contribution >= 4 is 11.9 Å². The minimum atomic E-state index is -0.336. The molecule has 1 atom stereocenters. The zero-order chi connectivity index (χ0) is 14.7. The van der Waals surface area contributed by atoms with E-state index in [4.69, 9.17) is 5.73 Å². The maximum absolute atomic E-state index is 12.0. The quantitative estimate of drug-likeness (QED) is 0.758. The molecule has 0 fully saturated rings. The Morgan fingerprint density at radius 3 is 2.45 bits per heavy atom. The van der Waals surface area contributed by atoms with Crippen molar-refractivity contribution in [1.29, 1.82) is 0 Å². The molecule has 2 aromatic rings. The fourth-order valence-electron chi connectivity index (χ4n) is 1.58. The molecular weight excluding hydrogens is 258 g/mol. The van der Waals surface area contributed by atoms with E-state index in [1.165, 1.54) is 12.4 Å². The van der Waals surface area contributed by atoms with Crippen molar-refractivity contribution in [3.05, 3.63) is 29.6 Å². The monoisotopic (exact) mass is 275 g/mol. The van der Waals surface area contributed by atoms with Crippen LogP contribution in [0.1, 0.15) is 54.7 Å². The fourth-order valence-corrected chi connectivity index (χ4v) is 1.58. The third kappa shape index (κ3) is 3.08. The van der Waals surface area contributed by atoms with Crippen molar-refractivity contribution in [2.75, 3.05) is 5.73 Å². The van der Waals surface area contributed by atoms with E-state index in [0.717, 1.165) is 0 Å². The maximum atomic E-state index is 12.0. The van der Waals surface area contributed by atoms with Crippen molar-refractivity contribution < 1.29 is 4.79 Å². The Labute approximate surface area is 116 Å². The number of nitrogens with one attached hydrogen (secondary N) is 2. The molecule has 1 amide bonds. The molecule has 0 aliphatic rings. The summed E-state index contributed by atoms with van der Waals surface area (Å²) in [6.45, 7) is 5.76. The average Bonchev–Trinajstić information content (AvgIpc) is 2.85. The Kier molecular flexibility index (Phi) is 3.92. The van der Waals surface area contributed by atoms with Gasteiger partial charge in [0.2, 0.25) is 5.95 Å². The summed E-state index contributed by atoms with van der Waals surface area (Å²) in [7, 11) is 0. The number of aromatic amines is 1. The Bertz CT molecular complexity index is 590. The van der Waals surface area contributed by atoms with E-state index in [0.29, 0.717) is 17.2 Å². The van der Waals surface area contributed by atoms with Crippen LogP contribution in [0.3, 0.4) is 0 Å². The normalized spacial score (nSPS) is 12.4. The largest absolute Gasteiger partial charge is 0.367 e. The van der Waals surface area contributed by atoms with E-state index in [1.807, 2.05) is 13.8 Å². The Hall–Kier alpha value is -2.51. The predicted molar refractivity (Wildman–Crippen MR) is 72.8 cm³/mol. The van der Waals surface area contributed by atoms with E-state index >= 15 is 0 Å². The van der Waals surface area contributed by atoms with Crippen molar-refractivity contribution in [2.24, 2.45) is 0 Å². The van der Waals surface area contributed by atoms with Crippen molar-refractivity contribution in [3.63, 3.8) is 0 Å². The van der Waals surface area contributed by atoms with Gasteiger partial charge >= 0.3 is 0 Å². The number of rotatable bonds is 4. The Morgan fingerprint density at radius 1 is 1.30 bits per heavy atom. The molecule has 0 unspecified atom stereocenters. The molecular formula is C12H17N7O. The molecule has 20 heavy (non-hydrogen) atoms. The zero-order valence-corrected chi connectivity index (χ0v) is 11.6. The molecule has 0 aromatic carbocycles. The molecule has 0 aliphatic carbocycles. The number of carbonyl (C=O) groups excluding carboxylic acids is 1. The molecule has 2 rings (SSSR count). The van der Waals surface area contributed by atoms with Crippen LogP contribution in [0.25, 0.3) is 0 Å². The van der Waals surface area contributed by atoms with E-state index in [2.05, 4.69) is 30.5 Å². The van der Waals surface area contributed by atoms with Gasteiger partial charge in [0.25, 0.3) is 5.91 Å². The molecule has 0 bridgehead atoms. The summed E-state index contributed by atoms with van der Waals surface area (Å²) in [5.74, 6) is 1.30. The van der Waals surface area contributed by atoms with Gasteiger partial charge < -0.3 is 11.1 Å². The van der Waals surface area contributed by atoms with Gasteiger partial charge in [0.15, 0.2) is 0 Å². The second-order valence-corrected chi connectivity index (χ2v) is 4.76. The highest BCUT2D eigenvalue weighted by atomic mass is 16.1. The lowest BCUT2D eigenvalue weighted by molar-refractivity contribution is 0.0937. The molecule has 8 heteroatoms. The van der Waals surface area contributed by atoms with Gasteiger partial charge in [-0.3, -0.25) is 9.89 Å². The molecule has 0 aliphatic heterocycles. The highest BCUT2D eigenvalue weighted by molar-refractivity contribution is 5.93. The van der Waals surface area contributed by atoms with Crippen LogP contribution in [-0.4, -0.2) is 31.1 Å². The number of H-pyrrole nitrogens is 1. The van der Waals surface area contributed by atoms with E-state index in [1.54, 1.807) is 6.92 Å². The Balaban J connectivity index is 2.04. The van der Waals surface area contributed by atoms with E-state index in [9.17, 15) is 4.79 Å². The number of nitrogens with two attached hydrogens (primary N) is 1. The molecule has 0 saturated carbocycles. The minimum Gasteiger partial charge on any atom is -0.367 e. The topological polar surface area (TPSA) is 122 Å². The summed E-state index contributed by atoms with van der Waals surface area (Å²) in [6, 6.07) is -0.336. The highest BCUT2D eigenvalue weighted by Crippen LogP contribution is 2.10. The van der Waals surface area contributed by atoms with Gasteiger partial charge in [-0.2, -0.15) is 4.98 Å². The van der Waals surface area contributed by atoms with Crippen LogP contribution in [0.4, 0.5) is 5.95 Å². The van der Waals surface area contributed by atoms with Crippen LogP contribution in [-0.2, 0) is 0 Å². The first-order valence-electron chi connectivity index (χ1n) is 6.28. The number of nitrogen functional groups attached to an aromatic ring is 1. The van der Waals surface area contributed by atoms with Crippen LogP contribution < -0.4 is 11.1 Å². The van der Waals surface area contributed by atoms with Crippen molar-refractivity contribution in [2.45, 2.75) is 32.7 Å². The number of nitrogens with zero attached hydrogens (tertiary/aromatic N) is 4. The van der Waals surface area contributed by atoms with Gasteiger partial charge in [-0.25, -0.2) is 9.97 Å². The van der Waals surface area contributed by atoms with Gasteiger partial charge in [-0.1, -0.05) is 13.8 Å². The molecule has 8 nitrogen and oxygen atoms in total. The lowest BCUT2D eigenvalue weighted by Gasteiger charge is -2.11. The van der Waals surface area contributed by atoms with Gasteiger partial charge in [-0.05, 0) is 6.92 Å². The van der Waals surface area contributed by atoms with Crippen LogP contribution in [0.2, 0.25) is 0 Å². The lowest BCUT2D eigenvalue weighted by atomic mass is 10.2. The molecule has 0 saturated heterocycles. The van der Waals surface area contributed by atoms with Crippen LogP contribution in [0.15, 0.2) is 12.4 Å². The second-order valence-electron chi connectivity index (χ2n) is 4.76. The van der Waals surface area contributed by atoms with E-state index < -0.39 is 0 Å². The van der Waals surface area contributed by atoms with E-state index in [-0.39, 0.29) is 23.8 Å². The summed E-state index contributed by atoms with van der Waals surface area (Å²) in [4.78, 5) is 24.3. The van der Waals surface area contributed by atoms with Crippen LogP contribution in [0.5, 0.6) is 0 Å². The van der Waals surface area contributed by atoms with Crippen molar-refractivity contribution in [1.82, 2.24) is 30.5 Å². The number of anilines is 1. The molecule has 106 valence electrons. The number of amides is 1.